The Morgan fingerprint density at radius 3 is 2.46 bits per heavy atom. The average molecular weight is 340 g/mol. The maximum Gasteiger partial charge on any atom is 0.120 e. The van der Waals surface area contributed by atoms with Crippen LogP contribution < -0.4 is 0 Å². The third-order valence-electron chi connectivity index (χ3n) is 5.93. The minimum atomic E-state index is 0.170. The summed E-state index contributed by atoms with van der Waals surface area (Å²) in [6.07, 6.45) is 0.857. The molecule has 5 rings (SSSR count). The molecule has 128 valence electrons. The minimum Gasteiger partial charge on any atom is -0.508 e. The third-order valence-corrected chi connectivity index (χ3v) is 5.93. The zero-order valence-electron chi connectivity index (χ0n) is 14.9. The summed E-state index contributed by atoms with van der Waals surface area (Å²) in [7, 11) is 0. The summed E-state index contributed by atoms with van der Waals surface area (Å²) < 4.78 is 0. The summed E-state index contributed by atoms with van der Waals surface area (Å²) in [4.78, 5) is 0. The molecule has 2 heteroatoms. The van der Waals surface area contributed by atoms with Crippen molar-refractivity contribution < 1.29 is 10.2 Å². The molecule has 0 saturated heterocycles. The average Bonchev–Trinajstić information content (AvgIpc) is 3.03. The lowest BCUT2D eigenvalue weighted by molar-refractivity contribution is 0.464. The van der Waals surface area contributed by atoms with Crippen molar-refractivity contribution in [3.8, 4) is 11.5 Å². The van der Waals surface area contributed by atoms with Crippen molar-refractivity contribution in [2.45, 2.75) is 26.2 Å². The summed E-state index contributed by atoms with van der Waals surface area (Å²) in [5.74, 6) is 0.846. The summed E-state index contributed by atoms with van der Waals surface area (Å²) in [5, 5.41) is 20.4. The second-order valence-corrected chi connectivity index (χ2v) is 7.37. The molecule has 0 heterocycles. The number of hydrogen-bond donors (Lipinski definition) is 2. The Balaban J connectivity index is 1.89. The quantitative estimate of drug-likeness (QED) is 0.624. The Morgan fingerprint density at radius 1 is 0.962 bits per heavy atom. The molecule has 0 radical (unpaired) electrons. The van der Waals surface area contributed by atoms with Gasteiger partial charge >= 0.3 is 0 Å². The van der Waals surface area contributed by atoms with Gasteiger partial charge in [0.15, 0.2) is 0 Å². The first kappa shape index (κ1) is 15.3. The van der Waals surface area contributed by atoms with Crippen LogP contribution in [0.3, 0.4) is 0 Å². The van der Waals surface area contributed by atoms with E-state index in [1.165, 1.54) is 33.4 Å². The molecule has 2 aliphatic rings. The van der Waals surface area contributed by atoms with E-state index in [4.69, 9.17) is 0 Å². The maximum atomic E-state index is 10.7. The molecule has 0 aromatic heterocycles. The molecule has 3 aromatic carbocycles. The van der Waals surface area contributed by atoms with E-state index < -0.39 is 0 Å². The van der Waals surface area contributed by atoms with Gasteiger partial charge in [-0.05, 0) is 76.1 Å². The summed E-state index contributed by atoms with van der Waals surface area (Å²) in [6.45, 7) is 4.26. The lowest BCUT2D eigenvalue weighted by Crippen LogP contribution is -2.11. The van der Waals surface area contributed by atoms with Crippen LogP contribution in [-0.2, 0) is 6.42 Å². The standard InChI is InChI=1S/C24H20O2/c1-13-11-21(26)22-14(2)17-5-3-4-6-18(17)23-20(12-19(13)24(22)23)15-7-9-16(25)10-8-15/h3-11,14,25-26H,12H2,1-2H3. The smallest absolute Gasteiger partial charge is 0.120 e. The van der Waals surface area contributed by atoms with Crippen molar-refractivity contribution in [3.63, 3.8) is 0 Å². The fourth-order valence-corrected chi connectivity index (χ4v) is 4.69. The van der Waals surface area contributed by atoms with Gasteiger partial charge in [0, 0.05) is 11.5 Å². The van der Waals surface area contributed by atoms with E-state index in [-0.39, 0.29) is 11.7 Å². The number of allylic oxidation sites excluding steroid dienone is 1. The molecular weight excluding hydrogens is 320 g/mol. The monoisotopic (exact) mass is 340 g/mol. The molecule has 0 aliphatic heterocycles. The summed E-state index contributed by atoms with van der Waals surface area (Å²) >= 11 is 0. The molecule has 2 nitrogen and oxygen atoms in total. The number of fused-ring (bicyclic) bond motifs is 2. The Labute approximate surface area is 153 Å². The lowest BCUT2D eigenvalue weighted by atomic mass is 9.75. The topological polar surface area (TPSA) is 40.5 Å². The molecule has 1 atom stereocenters. The van der Waals surface area contributed by atoms with Gasteiger partial charge in [0.2, 0.25) is 0 Å². The van der Waals surface area contributed by atoms with Gasteiger partial charge in [-0.2, -0.15) is 0 Å². The minimum absolute atomic E-state index is 0.170. The van der Waals surface area contributed by atoms with E-state index in [1.807, 2.05) is 18.2 Å². The van der Waals surface area contributed by atoms with E-state index in [2.05, 4.69) is 38.1 Å². The third kappa shape index (κ3) is 1.93. The van der Waals surface area contributed by atoms with Crippen LogP contribution in [0.15, 0.2) is 54.6 Å². The predicted molar refractivity (Wildman–Crippen MR) is 105 cm³/mol. The normalized spacial score (nSPS) is 17.2. The second kappa shape index (κ2) is 5.25. The molecular formula is C24H20O2. The van der Waals surface area contributed by atoms with E-state index in [0.29, 0.717) is 5.75 Å². The molecule has 0 spiro atoms. The zero-order valence-corrected chi connectivity index (χ0v) is 14.9. The Morgan fingerprint density at radius 2 is 1.69 bits per heavy atom. The van der Waals surface area contributed by atoms with Crippen molar-refractivity contribution >= 4 is 11.1 Å². The number of phenolic OH excluding ortho intramolecular Hbond substituents is 2. The van der Waals surface area contributed by atoms with E-state index >= 15 is 0 Å². The molecule has 0 fully saturated rings. The number of hydrogen-bond acceptors (Lipinski definition) is 2. The molecule has 3 aromatic rings. The van der Waals surface area contributed by atoms with Crippen molar-refractivity contribution in [2.75, 3.05) is 0 Å². The van der Waals surface area contributed by atoms with Gasteiger partial charge in [0.05, 0.1) is 0 Å². The van der Waals surface area contributed by atoms with Gasteiger partial charge in [0.1, 0.15) is 11.5 Å². The molecule has 2 N–H and O–H groups in total. The van der Waals surface area contributed by atoms with Crippen LogP contribution >= 0.6 is 0 Å². The predicted octanol–water partition coefficient (Wildman–Crippen LogP) is 5.39. The largest absolute Gasteiger partial charge is 0.508 e. The van der Waals surface area contributed by atoms with Gasteiger partial charge in [-0.15, -0.1) is 0 Å². The number of aryl methyl sites for hydroxylation is 1. The summed E-state index contributed by atoms with van der Waals surface area (Å²) in [6, 6.07) is 17.9. The fraction of sp³-hybridized carbons (Fsp3) is 0.167. The van der Waals surface area contributed by atoms with Crippen LogP contribution in [0.5, 0.6) is 11.5 Å². The molecule has 0 amide bonds. The van der Waals surface area contributed by atoms with Crippen LogP contribution in [0.4, 0.5) is 0 Å². The fourth-order valence-electron chi connectivity index (χ4n) is 4.69. The highest BCUT2D eigenvalue weighted by Crippen LogP contribution is 2.54. The van der Waals surface area contributed by atoms with Gasteiger partial charge in [-0.25, -0.2) is 0 Å². The molecule has 1 unspecified atom stereocenters. The first-order chi connectivity index (χ1) is 12.6. The van der Waals surface area contributed by atoms with Gasteiger partial charge in [0.25, 0.3) is 0 Å². The van der Waals surface area contributed by atoms with Crippen LogP contribution in [0.2, 0.25) is 0 Å². The van der Waals surface area contributed by atoms with Crippen LogP contribution in [0, 0.1) is 6.92 Å². The number of benzene rings is 3. The highest BCUT2D eigenvalue weighted by Gasteiger charge is 2.36. The van der Waals surface area contributed by atoms with E-state index in [9.17, 15) is 10.2 Å². The molecule has 2 aliphatic carbocycles. The molecule has 26 heavy (non-hydrogen) atoms. The second-order valence-electron chi connectivity index (χ2n) is 7.37. The summed E-state index contributed by atoms with van der Waals surface area (Å²) in [5.41, 5.74) is 10.9. The van der Waals surface area contributed by atoms with Gasteiger partial charge in [-0.3, -0.25) is 0 Å². The SMILES string of the molecule is Cc1cc(O)c2c3c1CC(c1ccc(O)cc1)=C3c1ccccc1C2C. The number of rotatable bonds is 1. The van der Waals surface area contributed by atoms with Crippen molar-refractivity contribution in [3.05, 3.63) is 93.5 Å². The maximum absolute atomic E-state index is 10.7. The lowest BCUT2D eigenvalue weighted by Gasteiger charge is -2.29. The number of phenols is 2. The van der Waals surface area contributed by atoms with E-state index in [0.717, 1.165) is 23.1 Å². The molecule has 0 bridgehead atoms. The van der Waals surface area contributed by atoms with Gasteiger partial charge in [-0.1, -0.05) is 43.3 Å². The number of aromatic hydroxyl groups is 2. The van der Waals surface area contributed by atoms with Crippen LogP contribution in [0.25, 0.3) is 11.1 Å². The van der Waals surface area contributed by atoms with Crippen molar-refractivity contribution in [1.82, 2.24) is 0 Å². The highest BCUT2D eigenvalue weighted by molar-refractivity contribution is 6.07. The first-order valence-corrected chi connectivity index (χ1v) is 9.04. The van der Waals surface area contributed by atoms with Crippen LogP contribution in [-0.4, -0.2) is 10.2 Å². The van der Waals surface area contributed by atoms with Crippen molar-refractivity contribution in [1.29, 1.82) is 0 Å². The highest BCUT2D eigenvalue weighted by atomic mass is 16.3. The molecule has 0 saturated carbocycles. The van der Waals surface area contributed by atoms with Crippen molar-refractivity contribution in [2.24, 2.45) is 0 Å². The Hall–Kier alpha value is -3.00. The van der Waals surface area contributed by atoms with E-state index in [1.54, 1.807) is 12.1 Å². The first-order valence-electron chi connectivity index (χ1n) is 9.04. The Kier molecular flexibility index (Phi) is 3.08. The van der Waals surface area contributed by atoms with Crippen LogP contribution in [0.1, 0.15) is 51.8 Å². The van der Waals surface area contributed by atoms with Gasteiger partial charge < -0.3 is 10.2 Å². The zero-order chi connectivity index (χ0) is 18.0. The Bertz CT molecular complexity index is 1090.